The highest BCUT2D eigenvalue weighted by molar-refractivity contribution is 6.92. The topological polar surface area (TPSA) is 3.24 Å². The van der Waals surface area contributed by atoms with Gasteiger partial charge in [-0.15, -0.1) is 0 Å². The number of anilines is 2. The predicted molar refractivity (Wildman–Crippen MR) is 146 cm³/mol. The molecule has 2 heterocycles. The Bertz CT molecular complexity index is 1650. The Labute approximate surface area is 199 Å². The minimum absolute atomic E-state index is 0.138. The van der Waals surface area contributed by atoms with E-state index in [0.717, 1.165) is 0 Å². The molecule has 6 aromatic rings. The quantitative estimate of drug-likeness (QED) is 0.238. The molecule has 6 aromatic carbocycles. The number of benzene rings is 6. The maximum Gasteiger partial charge on any atom is 0.329 e. The molecule has 2 aliphatic rings. The molecule has 0 unspecified atom stereocenters. The van der Waals surface area contributed by atoms with Crippen LogP contribution in [0.15, 0.2) is 121 Å². The summed E-state index contributed by atoms with van der Waals surface area (Å²) in [5.74, 6) is 0. The van der Waals surface area contributed by atoms with Gasteiger partial charge >= 0.3 is 6.85 Å². The van der Waals surface area contributed by atoms with E-state index in [2.05, 4.69) is 126 Å². The van der Waals surface area contributed by atoms with Crippen molar-refractivity contribution in [2.75, 3.05) is 4.81 Å². The average molecular weight is 429 g/mol. The third kappa shape index (κ3) is 2.25. The Morgan fingerprint density at radius 3 is 1.85 bits per heavy atom. The van der Waals surface area contributed by atoms with Gasteiger partial charge in [0.05, 0.1) is 0 Å². The SMILES string of the molecule is c1ccc2c(c1)B1c3ccc4ccccc4c3-c3c(ccc4ccccc34)N1c1ccccc1-2. The Hall–Kier alpha value is -4.30. The van der Waals surface area contributed by atoms with Gasteiger partial charge in [0.1, 0.15) is 0 Å². The molecular weight excluding hydrogens is 409 g/mol. The van der Waals surface area contributed by atoms with Gasteiger partial charge in [0.2, 0.25) is 0 Å². The molecule has 0 bridgehead atoms. The van der Waals surface area contributed by atoms with Crippen LogP contribution < -0.4 is 15.7 Å². The zero-order valence-electron chi connectivity index (χ0n) is 18.6. The van der Waals surface area contributed by atoms with E-state index in [1.165, 1.54) is 66.1 Å². The van der Waals surface area contributed by atoms with Gasteiger partial charge in [-0.1, -0.05) is 109 Å². The molecule has 0 fully saturated rings. The first kappa shape index (κ1) is 18.2. The molecule has 0 spiro atoms. The van der Waals surface area contributed by atoms with Crippen molar-refractivity contribution >= 4 is 50.7 Å². The second-order valence-electron chi connectivity index (χ2n) is 9.31. The number of hydrogen-bond donors (Lipinski definition) is 0. The maximum absolute atomic E-state index is 2.58. The van der Waals surface area contributed by atoms with E-state index in [1.807, 2.05) is 0 Å². The second-order valence-corrected chi connectivity index (χ2v) is 9.31. The van der Waals surface area contributed by atoms with Gasteiger partial charge in [0.15, 0.2) is 0 Å². The molecule has 0 amide bonds. The van der Waals surface area contributed by atoms with E-state index < -0.39 is 0 Å². The summed E-state index contributed by atoms with van der Waals surface area (Å²) in [5, 5.41) is 5.21. The van der Waals surface area contributed by atoms with Gasteiger partial charge < -0.3 is 4.81 Å². The van der Waals surface area contributed by atoms with Crippen LogP contribution in [0, 0.1) is 0 Å². The molecule has 0 atom stereocenters. The number of nitrogens with zero attached hydrogens (tertiary/aromatic N) is 1. The molecule has 0 N–H and O–H groups in total. The van der Waals surface area contributed by atoms with Crippen molar-refractivity contribution in [1.82, 2.24) is 0 Å². The molecule has 0 aliphatic carbocycles. The standard InChI is InChI=1S/C32H20BN/c1-3-11-23-21(9-1)17-19-28-31(23)32-24-12-4-2-10-22(24)18-20-30(32)34-29-16-8-6-14-26(29)25-13-5-7-15-27(25)33(28)34/h1-20H. The lowest BCUT2D eigenvalue weighted by Crippen LogP contribution is -2.59. The summed E-state index contributed by atoms with van der Waals surface area (Å²) in [6.07, 6.45) is 0. The van der Waals surface area contributed by atoms with E-state index in [1.54, 1.807) is 0 Å². The Morgan fingerprint density at radius 2 is 1.03 bits per heavy atom. The predicted octanol–water partition coefficient (Wildman–Crippen LogP) is 6.90. The van der Waals surface area contributed by atoms with Gasteiger partial charge in [-0.2, -0.15) is 0 Å². The maximum atomic E-state index is 2.58. The molecule has 34 heavy (non-hydrogen) atoms. The first-order valence-corrected chi connectivity index (χ1v) is 11.9. The van der Waals surface area contributed by atoms with Crippen molar-refractivity contribution in [1.29, 1.82) is 0 Å². The summed E-state index contributed by atoms with van der Waals surface area (Å²) in [7, 11) is 0. The molecule has 2 aliphatic heterocycles. The van der Waals surface area contributed by atoms with Crippen LogP contribution in [0.5, 0.6) is 0 Å². The summed E-state index contributed by atoms with van der Waals surface area (Å²) >= 11 is 0. The monoisotopic (exact) mass is 429 g/mol. The number of fused-ring (bicyclic) bond motifs is 15. The Kier molecular flexibility index (Phi) is 3.54. The van der Waals surface area contributed by atoms with Gasteiger partial charge in [-0.3, -0.25) is 0 Å². The van der Waals surface area contributed by atoms with Crippen LogP contribution in [0.2, 0.25) is 0 Å². The van der Waals surface area contributed by atoms with Crippen molar-refractivity contribution < 1.29 is 0 Å². The fourth-order valence-corrected chi connectivity index (χ4v) is 6.26. The molecule has 8 rings (SSSR count). The lowest BCUT2D eigenvalue weighted by Gasteiger charge is -2.44. The smallest absolute Gasteiger partial charge is 0.329 e. The van der Waals surface area contributed by atoms with Gasteiger partial charge in [0, 0.05) is 22.5 Å². The molecule has 0 aromatic heterocycles. The number of rotatable bonds is 0. The first-order valence-electron chi connectivity index (χ1n) is 11.9. The van der Waals surface area contributed by atoms with Crippen LogP contribution in [0.3, 0.4) is 0 Å². The molecule has 156 valence electrons. The lowest BCUT2D eigenvalue weighted by molar-refractivity contribution is 1.36. The Balaban J connectivity index is 1.60. The molecule has 0 radical (unpaired) electrons. The van der Waals surface area contributed by atoms with Crippen LogP contribution in [-0.2, 0) is 0 Å². The normalized spacial score (nSPS) is 13.2. The summed E-state index contributed by atoms with van der Waals surface area (Å²) in [6, 6.07) is 44.7. The minimum atomic E-state index is 0.138. The van der Waals surface area contributed by atoms with Crippen molar-refractivity contribution in [2.24, 2.45) is 0 Å². The highest BCUT2D eigenvalue weighted by Crippen LogP contribution is 2.49. The van der Waals surface area contributed by atoms with E-state index in [0.29, 0.717) is 0 Å². The molecule has 2 heteroatoms. The van der Waals surface area contributed by atoms with Crippen LogP contribution in [-0.4, -0.2) is 6.85 Å². The highest BCUT2D eigenvalue weighted by atomic mass is 15.1. The number of hydrogen-bond acceptors (Lipinski definition) is 1. The summed E-state index contributed by atoms with van der Waals surface area (Å²) < 4.78 is 0. The van der Waals surface area contributed by atoms with Crippen molar-refractivity contribution in [3.05, 3.63) is 121 Å². The fraction of sp³-hybridized carbons (Fsp3) is 0. The average Bonchev–Trinajstić information content (AvgIpc) is 2.92. The van der Waals surface area contributed by atoms with E-state index in [9.17, 15) is 0 Å². The van der Waals surface area contributed by atoms with Crippen LogP contribution >= 0.6 is 0 Å². The van der Waals surface area contributed by atoms with Crippen LogP contribution in [0.25, 0.3) is 43.8 Å². The van der Waals surface area contributed by atoms with Crippen LogP contribution in [0.1, 0.15) is 0 Å². The second kappa shape index (κ2) is 6.62. The lowest BCUT2D eigenvalue weighted by atomic mass is 9.43. The third-order valence-corrected chi connectivity index (χ3v) is 7.64. The van der Waals surface area contributed by atoms with E-state index in [-0.39, 0.29) is 6.85 Å². The largest absolute Gasteiger partial charge is 0.376 e. The summed E-state index contributed by atoms with van der Waals surface area (Å²) in [6.45, 7) is 0.138. The summed E-state index contributed by atoms with van der Waals surface area (Å²) in [5.41, 5.74) is 10.7. The van der Waals surface area contributed by atoms with Crippen LogP contribution in [0.4, 0.5) is 11.4 Å². The van der Waals surface area contributed by atoms with Gasteiger partial charge in [-0.25, -0.2) is 0 Å². The molecular formula is C32H20BN. The van der Waals surface area contributed by atoms with Gasteiger partial charge in [0.25, 0.3) is 0 Å². The highest BCUT2D eigenvalue weighted by Gasteiger charge is 2.42. The Morgan fingerprint density at radius 1 is 0.412 bits per heavy atom. The third-order valence-electron chi connectivity index (χ3n) is 7.64. The summed E-state index contributed by atoms with van der Waals surface area (Å²) in [4.78, 5) is 2.58. The fourth-order valence-electron chi connectivity index (χ4n) is 6.26. The van der Waals surface area contributed by atoms with E-state index >= 15 is 0 Å². The minimum Gasteiger partial charge on any atom is -0.376 e. The van der Waals surface area contributed by atoms with Crippen molar-refractivity contribution in [3.8, 4) is 22.3 Å². The number of para-hydroxylation sites is 1. The molecule has 0 saturated carbocycles. The van der Waals surface area contributed by atoms with Crippen molar-refractivity contribution in [2.45, 2.75) is 0 Å². The first-order chi connectivity index (χ1) is 16.9. The zero-order chi connectivity index (χ0) is 22.2. The van der Waals surface area contributed by atoms with Crippen molar-refractivity contribution in [3.63, 3.8) is 0 Å². The molecule has 0 saturated heterocycles. The van der Waals surface area contributed by atoms with Gasteiger partial charge in [-0.05, 0) is 55.7 Å². The van der Waals surface area contributed by atoms with E-state index in [4.69, 9.17) is 0 Å². The zero-order valence-corrected chi connectivity index (χ0v) is 18.6. The molecule has 1 nitrogen and oxygen atoms in total.